The van der Waals surface area contributed by atoms with Crippen LogP contribution >= 0.6 is 11.6 Å². The molecule has 1 N–H and O–H groups in total. The molecule has 4 nitrogen and oxygen atoms in total. The van der Waals surface area contributed by atoms with Gasteiger partial charge in [-0.25, -0.2) is 0 Å². The normalized spacial score (nSPS) is 12.0. The van der Waals surface area contributed by atoms with E-state index in [4.69, 9.17) is 21.4 Å². The number of halogens is 1. The molecule has 1 unspecified atom stereocenters. The molecule has 0 aromatic heterocycles. The smallest absolute Gasteiger partial charge is 0.263 e. The van der Waals surface area contributed by atoms with Gasteiger partial charge in [-0.15, -0.1) is 0 Å². The molecule has 0 heterocycles. The molecule has 0 saturated heterocycles. The number of carbonyl (C=O) groups is 1. The van der Waals surface area contributed by atoms with E-state index in [1.165, 1.54) is 0 Å². The van der Waals surface area contributed by atoms with Crippen LogP contribution in [0.25, 0.3) is 0 Å². The second kappa shape index (κ2) is 8.82. The highest BCUT2D eigenvalue weighted by Crippen LogP contribution is 2.24. The molecule has 0 aliphatic heterocycles. The van der Waals surface area contributed by atoms with Crippen LogP contribution in [-0.2, 0) is 4.79 Å². The van der Waals surface area contributed by atoms with Crippen LogP contribution < -0.4 is 4.74 Å². The van der Waals surface area contributed by atoms with Crippen molar-refractivity contribution in [3.05, 3.63) is 29.3 Å². The van der Waals surface area contributed by atoms with E-state index in [1.54, 1.807) is 31.0 Å². The number of para-hydroxylation sites is 1. The van der Waals surface area contributed by atoms with Crippen molar-refractivity contribution >= 4 is 17.5 Å². The molecule has 1 aromatic rings. The lowest BCUT2D eigenvalue weighted by atomic mass is 10.2. The number of unbranched alkanes of at least 4 members (excludes halogenated alkanes) is 2. The predicted molar refractivity (Wildman–Crippen MR) is 80.1 cm³/mol. The zero-order valence-electron chi connectivity index (χ0n) is 12.0. The van der Waals surface area contributed by atoms with E-state index in [0.29, 0.717) is 17.3 Å². The fraction of sp³-hybridized carbons (Fsp3) is 0.533. The van der Waals surface area contributed by atoms with Crippen molar-refractivity contribution in [2.45, 2.75) is 32.3 Å². The molecular formula is C15H22ClNO3. The van der Waals surface area contributed by atoms with Gasteiger partial charge < -0.3 is 14.7 Å². The highest BCUT2D eigenvalue weighted by atomic mass is 35.5. The van der Waals surface area contributed by atoms with Crippen molar-refractivity contribution in [2.75, 3.05) is 20.2 Å². The Morgan fingerprint density at radius 2 is 2.05 bits per heavy atom. The summed E-state index contributed by atoms with van der Waals surface area (Å²) in [7, 11) is 1.76. The van der Waals surface area contributed by atoms with Gasteiger partial charge in [-0.3, -0.25) is 4.79 Å². The van der Waals surface area contributed by atoms with Gasteiger partial charge in [-0.2, -0.15) is 0 Å². The van der Waals surface area contributed by atoms with Crippen molar-refractivity contribution in [2.24, 2.45) is 0 Å². The highest BCUT2D eigenvalue weighted by Gasteiger charge is 2.19. The Morgan fingerprint density at radius 3 is 2.70 bits per heavy atom. The van der Waals surface area contributed by atoms with E-state index in [2.05, 4.69) is 0 Å². The van der Waals surface area contributed by atoms with Crippen LogP contribution in [0.2, 0.25) is 5.02 Å². The molecule has 1 aromatic carbocycles. The monoisotopic (exact) mass is 299 g/mol. The molecule has 0 bridgehead atoms. The summed E-state index contributed by atoms with van der Waals surface area (Å²) in [5.74, 6) is 0.442. The van der Waals surface area contributed by atoms with Crippen molar-refractivity contribution in [3.63, 3.8) is 0 Å². The standard InChI is InChI=1S/C15H22ClNO3/c1-12(20-14-9-5-4-8-13(14)16)15(19)17(2)10-6-3-7-11-18/h4-5,8-9,12,18H,3,6-7,10-11H2,1-2H3. The number of aliphatic hydroxyl groups excluding tert-OH is 1. The summed E-state index contributed by atoms with van der Waals surface area (Å²) in [5, 5.41) is 9.20. The maximum atomic E-state index is 12.1. The van der Waals surface area contributed by atoms with Gasteiger partial charge in [-0.1, -0.05) is 23.7 Å². The number of carbonyl (C=O) groups excluding carboxylic acids is 1. The van der Waals surface area contributed by atoms with Crippen LogP contribution in [-0.4, -0.2) is 42.2 Å². The lowest BCUT2D eigenvalue weighted by molar-refractivity contribution is -0.136. The molecule has 1 atom stereocenters. The summed E-state index contributed by atoms with van der Waals surface area (Å²) < 4.78 is 5.59. The first-order valence-corrected chi connectivity index (χ1v) is 7.21. The topological polar surface area (TPSA) is 49.8 Å². The van der Waals surface area contributed by atoms with E-state index < -0.39 is 6.10 Å². The van der Waals surface area contributed by atoms with Crippen molar-refractivity contribution in [3.8, 4) is 5.75 Å². The third-order valence-electron chi connectivity index (χ3n) is 3.02. The number of nitrogens with zero attached hydrogens (tertiary/aromatic N) is 1. The van der Waals surface area contributed by atoms with Gasteiger partial charge in [0, 0.05) is 20.2 Å². The number of rotatable bonds is 8. The molecule has 0 saturated carbocycles. The highest BCUT2D eigenvalue weighted by molar-refractivity contribution is 6.32. The molecule has 0 aliphatic carbocycles. The van der Waals surface area contributed by atoms with Gasteiger partial charge in [0.2, 0.25) is 0 Å². The third kappa shape index (κ3) is 5.39. The summed E-state index contributed by atoms with van der Waals surface area (Å²) in [6, 6.07) is 7.10. The zero-order chi connectivity index (χ0) is 15.0. The van der Waals surface area contributed by atoms with Gasteiger partial charge in [0.15, 0.2) is 6.10 Å². The third-order valence-corrected chi connectivity index (χ3v) is 3.33. The fourth-order valence-electron chi connectivity index (χ4n) is 1.84. The summed E-state index contributed by atoms with van der Waals surface area (Å²) in [4.78, 5) is 13.8. The number of amides is 1. The fourth-order valence-corrected chi connectivity index (χ4v) is 2.02. The first-order valence-electron chi connectivity index (χ1n) is 6.83. The number of benzene rings is 1. The number of hydrogen-bond acceptors (Lipinski definition) is 3. The van der Waals surface area contributed by atoms with Crippen LogP contribution in [0.5, 0.6) is 5.75 Å². The van der Waals surface area contributed by atoms with Crippen molar-refractivity contribution in [1.82, 2.24) is 4.90 Å². The van der Waals surface area contributed by atoms with E-state index in [0.717, 1.165) is 19.3 Å². The number of aliphatic hydroxyl groups is 1. The molecule has 112 valence electrons. The Hall–Kier alpha value is -1.26. The van der Waals surface area contributed by atoms with Crippen molar-refractivity contribution in [1.29, 1.82) is 0 Å². The molecule has 20 heavy (non-hydrogen) atoms. The van der Waals surface area contributed by atoms with Crippen LogP contribution in [0, 0.1) is 0 Å². The molecular weight excluding hydrogens is 278 g/mol. The molecule has 0 aliphatic rings. The summed E-state index contributed by atoms with van der Waals surface area (Å²) in [6.45, 7) is 2.58. The Kier molecular flexibility index (Phi) is 7.41. The molecule has 0 spiro atoms. The molecule has 0 fully saturated rings. The first-order chi connectivity index (χ1) is 9.56. The molecule has 1 rings (SSSR count). The van der Waals surface area contributed by atoms with Gasteiger partial charge in [0.05, 0.1) is 5.02 Å². The van der Waals surface area contributed by atoms with E-state index in [-0.39, 0.29) is 12.5 Å². The Bertz CT molecular complexity index is 425. The SMILES string of the molecule is CC(Oc1ccccc1Cl)C(=O)N(C)CCCCCO. The number of ether oxygens (including phenoxy) is 1. The van der Waals surface area contributed by atoms with E-state index >= 15 is 0 Å². The average Bonchev–Trinajstić information content (AvgIpc) is 2.45. The van der Waals surface area contributed by atoms with Crippen LogP contribution in [0.4, 0.5) is 0 Å². The van der Waals surface area contributed by atoms with Crippen molar-refractivity contribution < 1.29 is 14.6 Å². The summed E-state index contributed by atoms with van der Waals surface area (Å²) >= 11 is 6.00. The van der Waals surface area contributed by atoms with Gasteiger partial charge in [-0.05, 0) is 38.3 Å². The first kappa shape index (κ1) is 16.8. The minimum Gasteiger partial charge on any atom is -0.479 e. The van der Waals surface area contributed by atoms with Gasteiger partial charge in [0.25, 0.3) is 5.91 Å². The molecule has 5 heteroatoms. The lowest BCUT2D eigenvalue weighted by Gasteiger charge is -2.22. The van der Waals surface area contributed by atoms with E-state index in [1.807, 2.05) is 12.1 Å². The summed E-state index contributed by atoms with van der Waals surface area (Å²) in [5.41, 5.74) is 0. The Labute approximate surface area is 125 Å². The zero-order valence-corrected chi connectivity index (χ0v) is 12.8. The van der Waals surface area contributed by atoms with E-state index in [9.17, 15) is 4.79 Å². The Balaban J connectivity index is 2.44. The van der Waals surface area contributed by atoms with Crippen LogP contribution in [0.15, 0.2) is 24.3 Å². The predicted octanol–water partition coefficient (Wildman–Crippen LogP) is 2.73. The van der Waals surface area contributed by atoms with Crippen LogP contribution in [0.1, 0.15) is 26.2 Å². The summed E-state index contributed by atoms with van der Waals surface area (Å²) in [6.07, 6.45) is 1.99. The largest absolute Gasteiger partial charge is 0.479 e. The Morgan fingerprint density at radius 1 is 1.35 bits per heavy atom. The number of likely N-dealkylation sites (N-methyl/N-ethyl adjacent to an activating group) is 1. The maximum absolute atomic E-state index is 12.1. The maximum Gasteiger partial charge on any atom is 0.263 e. The minimum atomic E-state index is -0.572. The second-order valence-corrected chi connectivity index (χ2v) is 5.14. The average molecular weight is 300 g/mol. The lowest BCUT2D eigenvalue weighted by Crippen LogP contribution is -2.38. The quantitative estimate of drug-likeness (QED) is 0.751. The van der Waals surface area contributed by atoms with Crippen LogP contribution in [0.3, 0.4) is 0 Å². The molecule has 1 amide bonds. The molecule has 0 radical (unpaired) electrons. The second-order valence-electron chi connectivity index (χ2n) is 4.73. The van der Waals surface area contributed by atoms with Gasteiger partial charge in [0.1, 0.15) is 5.75 Å². The minimum absolute atomic E-state index is 0.0751. The van der Waals surface area contributed by atoms with Gasteiger partial charge >= 0.3 is 0 Å². The number of hydrogen-bond donors (Lipinski definition) is 1.